The summed E-state index contributed by atoms with van der Waals surface area (Å²) in [6.07, 6.45) is -0.169. The van der Waals surface area contributed by atoms with E-state index in [1.807, 2.05) is 0 Å². The van der Waals surface area contributed by atoms with Crippen LogP contribution in [0.4, 0.5) is 20.7 Å². The van der Waals surface area contributed by atoms with Crippen LogP contribution in [0.15, 0.2) is 29.1 Å². The Bertz CT molecular complexity index is 1120. The van der Waals surface area contributed by atoms with E-state index in [-0.39, 0.29) is 48.1 Å². The fourth-order valence-corrected chi connectivity index (χ4v) is 3.83. The lowest BCUT2D eigenvalue weighted by Gasteiger charge is -2.19. The molecule has 1 aliphatic heterocycles. The Morgan fingerprint density at radius 2 is 2.21 bits per heavy atom. The molecule has 1 aliphatic rings. The van der Waals surface area contributed by atoms with Gasteiger partial charge in [-0.05, 0) is 29.0 Å². The van der Waals surface area contributed by atoms with Gasteiger partial charge in [0.15, 0.2) is 0 Å². The molecule has 1 fully saturated rings. The van der Waals surface area contributed by atoms with Crippen LogP contribution in [0.2, 0.25) is 0 Å². The SMILES string of the molecule is CCOC(=O)C(Cn1cc([N+](=O)[O-])nc1Br)c1ccc(N2CC(CNC(C)=O)OC2=O)cc1F. The Hall–Kier alpha value is -3.55. The van der Waals surface area contributed by atoms with Gasteiger partial charge in [-0.2, -0.15) is 0 Å². The van der Waals surface area contributed by atoms with Crippen LogP contribution >= 0.6 is 15.9 Å². The number of imidazole rings is 1. The number of benzene rings is 1. The number of halogens is 2. The molecule has 1 aromatic heterocycles. The first-order valence-electron chi connectivity index (χ1n) is 10.2. The van der Waals surface area contributed by atoms with E-state index in [4.69, 9.17) is 9.47 Å². The molecule has 14 heteroatoms. The van der Waals surface area contributed by atoms with E-state index in [9.17, 15) is 24.5 Å². The first-order valence-corrected chi connectivity index (χ1v) is 11.0. The summed E-state index contributed by atoms with van der Waals surface area (Å²) in [6, 6.07) is 3.90. The van der Waals surface area contributed by atoms with E-state index in [0.29, 0.717) is 0 Å². The first-order chi connectivity index (χ1) is 16.1. The smallest absolute Gasteiger partial charge is 0.414 e. The first kappa shape index (κ1) is 25.1. The van der Waals surface area contributed by atoms with Crippen LogP contribution in [0.3, 0.4) is 0 Å². The van der Waals surface area contributed by atoms with Gasteiger partial charge in [0.25, 0.3) is 4.73 Å². The number of nitro groups is 1. The standard InChI is InChI=1S/C20H21BrFN5O7/c1-3-33-18(29)15(9-25-10-17(27(31)32)24-19(25)21)14-5-4-12(6-16(14)22)26-8-13(34-20(26)30)7-23-11(2)28/h4-6,10,13,15H,3,7-9H2,1-2H3,(H,23,28). The van der Waals surface area contributed by atoms with Gasteiger partial charge in [0.05, 0.1) is 25.4 Å². The number of amides is 2. The number of esters is 1. The molecule has 34 heavy (non-hydrogen) atoms. The summed E-state index contributed by atoms with van der Waals surface area (Å²) in [7, 11) is 0. The number of rotatable bonds is 9. The molecule has 2 aromatic rings. The maximum Gasteiger partial charge on any atom is 0.414 e. The molecule has 2 heterocycles. The molecule has 0 saturated carbocycles. The number of ether oxygens (including phenoxy) is 2. The van der Waals surface area contributed by atoms with Crippen LogP contribution in [0.25, 0.3) is 0 Å². The minimum absolute atomic E-state index is 0.0205. The van der Waals surface area contributed by atoms with Crippen molar-refractivity contribution in [3.05, 3.63) is 50.6 Å². The van der Waals surface area contributed by atoms with Crippen molar-refractivity contribution in [1.82, 2.24) is 14.9 Å². The molecule has 1 aromatic carbocycles. The number of carbonyl (C=O) groups excluding carboxylic acids is 3. The average Bonchev–Trinajstić information content (AvgIpc) is 3.33. The number of hydrogen-bond donors (Lipinski definition) is 1. The molecule has 1 N–H and O–H groups in total. The number of cyclic esters (lactones) is 1. The lowest BCUT2D eigenvalue weighted by molar-refractivity contribution is -0.389. The highest BCUT2D eigenvalue weighted by atomic mass is 79.9. The molecule has 182 valence electrons. The zero-order chi connectivity index (χ0) is 25.0. The lowest BCUT2D eigenvalue weighted by Crippen LogP contribution is -2.33. The Kier molecular flexibility index (Phi) is 7.81. The molecule has 0 bridgehead atoms. The number of nitrogens with one attached hydrogen (secondary N) is 1. The van der Waals surface area contributed by atoms with E-state index < -0.39 is 40.6 Å². The molecule has 12 nitrogen and oxygen atoms in total. The van der Waals surface area contributed by atoms with Gasteiger partial charge in [0, 0.05) is 35.0 Å². The molecule has 3 rings (SSSR count). The van der Waals surface area contributed by atoms with Crippen molar-refractivity contribution in [1.29, 1.82) is 0 Å². The second kappa shape index (κ2) is 10.6. The Morgan fingerprint density at radius 1 is 1.47 bits per heavy atom. The summed E-state index contributed by atoms with van der Waals surface area (Å²) in [5, 5.41) is 13.5. The van der Waals surface area contributed by atoms with Crippen LogP contribution in [0, 0.1) is 15.9 Å². The molecule has 2 amide bonds. The normalized spacial score (nSPS) is 16.2. The number of carbonyl (C=O) groups is 3. The minimum atomic E-state index is -1.14. The topological polar surface area (TPSA) is 146 Å². The predicted molar refractivity (Wildman–Crippen MR) is 119 cm³/mol. The second-order valence-electron chi connectivity index (χ2n) is 7.34. The van der Waals surface area contributed by atoms with Crippen LogP contribution in [-0.2, 0) is 25.6 Å². The van der Waals surface area contributed by atoms with Crippen molar-refractivity contribution in [2.24, 2.45) is 0 Å². The Balaban J connectivity index is 1.85. The Morgan fingerprint density at radius 3 is 2.79 bits per heavy atom. The molecule has 1 saturated heterocycles. The van der Waals surface area contributed by atoms with Crippen LogP contribution in [0.1, 0.15) is 25.3 Å². The predicted octanol–water partition coefficient (Wildman–Crippen LogP) is 2.50. The molecular formula is C20H21BrFN5O7. The summed E-state index contributed by atoms with van der Waals surface area (Å²) in [6.45, 7) is 3.03. The average molecular weight is 542 g/mol. The van der Waals surface area contributed by atoms with Crippen molar-refractivity contribution >= 4 is 45.4 Å². The number of hydrogen-bond acceptors (Lipinski definition) is 8. The highest BCUT2D eigenvalue weighted by Gasteiger charge is 2.34. The number of anilines is 1. The molecule has 2 atom stereocenters. The fourth-order valence-electron chi connectivity index (χ4n) is 3.40. The number of aromatic nitrogens is 2. The maximum atomic E-state index is 15.2. The molecule has 2 unspecified atom stereocenters. The number of nitrogens with zero attached hydrogens (tertiary/aromatic N) is 4. The van der Waals surface area contributed by atoms with Crippen molar-refractivity contribution in [2.75, 3.05) is 24.6 Å². The third-order valence-electron chi connectivity index (χ3n) is 4.98. The van der Waals surface area contributed by atoms with Crippen molar-refractivity contribution in [2.45, 2.75) is 32.4 Å². The third-order valence-corrected chi connectivity index (χ3v) is 5.61. The van der Waals surface area contributed by atoms with Crippen LogP contribution in [0.5, 0.6) is 0 Å². The van der Waals surface area contributed by atoms with Gasteiger partial charge < -0.3 is 24.9 Å². The highest BCUT2D eigenvalue weighted by molar-refractivity contribution is 9.10. The van der Waals surface area contributed by atoms with Gasteiger partial charge >= 0.3 is 17.9 Å². The summed E-state index contributed by atoms with van der Waals surface area (Å²) < 4.78 is 26.8. The highest BCUT2D eigenvalue weighted by Crippen LogP contribution is 2.30. The van der Waals surface area contributed by atoms with Gasteiger partial charge in [-0.1, -0.05) is 6.07 Å². The van der Waals surface area contributed by atoms with Crippen molar-refractivity contribution in [3.63, 3.8) is 0 Å². The van der Waals surface area contributed by atoms with Gasteiger partial charge in [-0.3, -0.25) is 19.1 Å². The molecule has 0 radical (unpaired) electrons. The van der Waals surface area contributed by atoms with Gasteiger partial charge in [0.2, 0.25) is 5.91 Å². The minimum Gasteiger partial charge on any atom is -0.465 e. The Labute approximate surface area is 201 Å². The fraction of sp³-hybridized carbons (Fsp3) is 0.400. The van der Waals surface area contributed by atoms with E-state index >= 15 is 4.39 Å². The second-order valence-corrected chi connectivity index (χ2v) is 8.05. The summed E-state index contributed by atoms with van der Waals surface area (Å²) in [4.78, 5) is 51.2. The van der Waals surface area contributed by atoms with E-state index in [2.05, 4.69) is 26.2 Å². The van der Waals surface area contributed by atoms with E-state index in [1.165, 1.54) is 28.5 Å². The van der Waals surface area contributed by atoms with Crippen molar-refractivity contribution in [3.8, 4) is 0 Å². The van der Waals surface area contributed by atoms with Gasteiger partial charge in [-0.15, -0.1) is 0 Å². The summed E-state index contributed by atoms with van der Waals surface area (Å²) in [5.41, 5.74) is 0.187. The largest absolute Gasteiger partial charge is 0.465 e. The monoisotopic (exact) mass is 541 g/mol. The quantitative estimate of drug-likeness (QED) is 0.289. The molecule has 0 aliphatic carbocycles. The van der Waals surface area contributed by atoms with Crippen molar-refractivity contribution < 1.29 is 33.2 Å². The lowest BCUT2D eigenvalue weighted by atomic mass is 9.97. The van der Waals surface area contributed by atoms with Crippen LogP contribution < -0.4 is 10.2 Å². The zero-order valence-corrected chi connectivity index (χ0v) is 19.8. The summed E-state index contributed by atoms with van der Waals surface area (Å²) in [5.74, 6) is -3.36. The molecular weight excluding hydrogens is 521 g/mol. The van der Waals surface area contributed by atoms with Crippen LogP contribution in [-0.4, -0.2) is 58.2 Å². The summed E-state index contributed by atoms with van der Waals surface area (Å²) >= 11 is 3.10. The third kappa shape index (κ3) is 5.68. The van der Waals surface area contributed by atoms with E-state index in [1.54, 1.807) is 6.92 Å². The maximum absolute atomic E-state index is 15.2. The zero-order valence-electron chi connectivity index (χ0n) is 18.2. The molecule has 0 spiro atoms. The van der Waals surface area contributed by atoms with Gasteiger partial charge in [0.1, 0.15) is 24.0 Å². The van der Waals surface area contributed by atoms with E-state index in [0.717, 1.165) is 12.3 Å². The van der Waals surface area contributed by atoms with Gasteiger partial charge in [-0.25, -0.2) is 9.18 Å².